The number of nitrogens with zero attached hydrogens (tertiary/aromatic N) is 1. The van der Waals surface area contributed by atoms with Crippen LogP contribution >= 0.6 is 0 Å². The minimum Gasteiger partial charge on any atom is -0.478 e. The van der Waals surface area contributed by atoms with Crippen LogP contribution in [0.5, 0.6) is 0 Å². The molecule has 29 heavy (non-hydrogen) atoms. The average Bonchev–Trinajstić information content (AvgIpc) is 2.67. The quantitative estimate of drug-likeness (QED) is 0.392. The first-order valence-electron chi connectivity index (χ1n) is 9.63. The molecule has 0 spiro atoms. The third kappa shape index (κ3) is 4.09. The second-order valence-corrected chi connectivity index (χ2v) is 8.89. The third-order valence-corrected chi connectivity index (χ3v) is 5.92. The Labute approximate surface area is 170 Å². The van der Waals surface area contributed by atoms with Crippen molar-refractivity contribution in [3.63, 3.8) is 0 Å². The van der Waals surface area contributed by atoms with Crippen molar-refractivity contribution in [1.82, 2.24) is 0 Å². The normalized spacial score (nSPS) is 17.9. The highest BCUT2D eigenvalue weighted by molar-refractivity contribution is 6.10. The van der Waals surface area contributed by atoms with E-state index in [2.05, 4.69) is 45.0 Å². The minimum atomic E-state index is -1.18. The van der Waals surface area contributed by atoms with Crippen molar-refractivity contribution in [3.8, 4) is 0 Å². The summed E-state index contributed by atoms with van der Waals surface area (Å²) in [5, 5.41) is 21.9. The Morgan fingerprint density at radius 3 is 2.21 bits per heavy atom. The van der Waals surface area contributed by atoms with E-state index < -0.39 is 11.8 Å². The minimum absolute atomic E-state index is 0.0178. The monoisotopic (exact) mass is 395 g/mol. The standard InChI is InChI=1S/C24H26FNO3/c1-23(2)11-12-24(3,4)19-13-16(7-9-18(19)23)21(26-29)10-8-15-5-6-17(22(27)28)14-20(15)25/h5-10,13-14,29H,11-12H2,1-4H3,(H,27,28)/b10-8+,26-21?. The van der Waals surface area contributed by atoms with E-state index in [1.54, 1.807) is 0 Å². The highest BCUT2D eigenvalue weighted by Crippen LogP contribution is 2.45. The van der Waals surface area contributed by atoms with Gasteiger partial charge in [0.15, 0.2) is 0 Å². The Hall–Kier alpha value is -2.95. The Bertz CT molecular complexity index is 1020. The molecule has 0 aromatic heterocycles. The van der Waals surface area contributed by atoms with E-state index in [-0.39, 0.29) is 22.0 Å². The van der Waals surface area contributed by atoms with Crippen molar-refractivity contribution in [2.24, 2.45) is 5.16 Å². The SMILES string of the molecule is CC1(C)CCC(C)(C)c2cc(C(/C=C/c3ccc(C(=O)O)cc3F)=NO)ccc21. The third-order valence-electron chi connectivity index (χ3n) is 5.92. The number of benzene rings is 2. The average molecular weight is 395 g/mol. The molecule has 3 rings (SSSR count). The molecule has 152 valence electrons. The van der Waals surface area contributed by atoms with Crippen LogP contribution in [0.4, 0.5) is 4.39 Å². The van der Waals surface area contributed by atoms with Crippen molar-refractivity contribution in [2.45, 2.75) is 51.4 Å². The van der Waals surface area contributed by atoms with E-state index >= 15 is 0 Å². The molecular weight excluding hydrogens is 369 g/mol. The Balaban J connectivity index is 1.96. The summed E-state index contributed by atoms with van der Waals surface area (Å²) < 4.78 is 14.2. The lowest BCUT2D eigenvalue weighted by molar-refractivity contribution is 0.0696. The zero-order valence-corrected chi connectivity index (χ0v) is 17.2. The second-order valence-electron chi connectivity index (χ2n) is 8.89. The molecule has 0 bridgehead atoms. The molecule has 0 saturated heterocycles. The maximum Gasteiger partial charge on any atom is 0.335 e. The summed E-state index contributed by atoms with van der Waals surface area (Å²) in [6, 6.07) is 9.77. The van der Waals surface area contributed by atoms with Gasteiger partial charge in [0.2, 0.25) is 0 Å². The van der Waals surface area contributed by atoms with Gasteiger partial charge < -0.3 is 10.3 Å². The fraction of sp³-hybridized carbons (Fsp3) is 0.333. The number of aromatic carboxylic acids is 1. The van der Waals surface area contributed by atoms with Crippen LogP contribution < -0.4 is 0 Å². The zero-order chi connectivity index (χ0) is 21.4. The largest absolute Gasteiger partial charge is 0.478 e. The predicted octanol–water partition coefficient (Wildman–Crippen LogP) is 5.76. The van der Waals surface area contributed by atoms with Crippen LogP contribution in [0.25, 0.3) is 6.08 Å². The van der Waals surface area contributed by atoms with Crippen LogP contribution in [-0.4, -0.2) is 22.0 Å². The van der Waals surface area contributed by atoms with Gasteiger partial charge >= 0.3 is 5.97 Å². The van der Waals surface area contributed by atoms with Crippen molar-refractivity contribution in [3.05, 3.63) is 76.1 Å². The van der Waals surface area contributed by atoms with E-state index in [1.165, 1.54) is 35.4 Å². The van der Waals surface area contributed by atoms with Crippen LogP contribution in [0.3, 0.4) is 0 Å². The first-order chi connectivity index (χ1) is 13.5. The van der Waals surface area contributed by atoms with E-state index in [0.29, 0.717) is 5.71 Å². The molecule has 1 aliphatic carbocycles. The molecule has 0 unspecified atom stereocenters. The lowest BCUT2D eigenvalue weighted by atomic mass is 9.63. The van der Waals surface area contributed by atoms with Crippen LogP contribution in [0.2, 0.25) is 0 Å². The van der Waals surface area contributed by atoms with Crippen molar-refractivity contribution < 1.29 is 19.5 Å². The molecule has 0 heterocycles. The summed E-state index contributed by atoms with van der Waals surface area (Å²) in [6.45, 7) is 8.92. The Morgan fingerprint density at radius 1 is 1.00 bits per heavy atom. The summed E-state index contributed by atoms with van der Waals surface area (Å²) in [6.07, 6.45) is 5.18. The first-order valence-corrected chi connectivity index (χ1v) is 9.63. The van der Waals surface area contributed by atoms with Crippen molar-refractivity contribution >= 4 is 17.8 Å². The topological polar surface area (TPSA) is 69.9 Å². The number of allylic oxidation sites excluding steroid dienone is 1. The van der Waals surface area contributed by atoms with Crippen LogP contribution in [0, 0.1) is 5.82 Å². The maximum atomic E-state index is 14.2. The molecular formula is C24H26FNO3. The number of carbonyl (C=O) groups is 1. The Kier molecular flexibility index (Phi) is 5.35. The highest BCUT2D eigenvalue weighted by atomic mass is 19.1. The molecule has 0 amide bonds. The number of hydrogen-bond donors (Lipinski definition) is 2. The van der Waals surface area contributed by atoms with Crippen molar-refractivity contribution in [2.75, 3.05) is 0 Å². The second kappa shape index (κ2) is 7.47. The predicted molar refractivity (Wildman–Crippen MR) is 112 cm³/mol. The number of fused-ring (bicyclic) bond motifs is 1. The molecule has 2 aromatic carbocycles. The van der Waals surface area contributed by atoms with Gasteiger partial charge in [-0.2, -0.15) is 0 Å². The summed E-state index contributed by atoms with van der Waals surface area (Å²) >= 11 is 0. The lowest BCUT2D eigenvalue weighted by Gasteiger charge is -2.42. The number of hydrogen-bond acceptors (Lipinski definition) is 3. The molecule has 0 radical (unpaired) electrons. The maximum absolute atomic E-state index is 14.2. The van der Waals surface area contributed by atoms with Crippen LogP contribution in [0.1, 0.15) is 73.1 Å². The fourth-order valence-corrected chi connectivity index (χ4v) is 3.90. The summed E-state index contributed by atoms with van der Waals surface area (Å²) in [4.78, 5) is 10.9. The smallest absolute Gasteiger partial charge is 0.335 e. The van der Waals surface area contributed by atoms with E-state index in [1.807, 2.05) is 6.07 Å². The van der Waals surface area contributed by atoms with Gasteiger partial charge in [0.05, 0.1) is 5.56 Å². The van der Waals surface area contributed by atoms with E-state index in [4.69, 9.17) is 5.11 Å². The van der Waals surface area contributed by atoms with Crippen molar-refractivity contribution in [1.29, 1.82) is 0 Å². The fourth-order valence-electron chi connectivity index (χ4n) is 3.90. The van der Waals surface area contributed by atoms with E-state index in [9.17, 15) is 14.4 Å². The molecule has 2 aromatic rings. The molecule has 0 aliphatic heterocycles. The van der Waals surface area contributed by atoms with Gasteiger partial charge in [-0.05, 0) is 65.1 Å². The van der Waals surface area contributed by atoms with Gasteiger partial charge in [0, 0.05) is 11.1 Å². The lowest BCUT2D eigenvalue weighted by Crippen LogP contribution is -2.34. The number of rotatable bonds is 4. The number of halogens is 1. The number of carboxylic acids is 1. The number of carboxylic acid groups (broad SMARTS) is 1. The zero-order valence-electron chi connectivity index (χ0n) is 17.2. The molecule has 4 nitrogen and oxygen atoms in total. The van der Waals surface area contributed by atoms with Gasteiger partial charge in [-0.3, -0.25) is 0 Å². The van der Waals surface area contributed by atoms with Gasteiger partial charge in [-0.25, -0.2) is 9.18 Å². The van der Waals surface area contributed by atoms with Crippen LogP contribution in [0.15, 0.2) is 47.6 Å². The summed E-state index contributed by atoms with van der Waals surface area (Å²) in [7, 11) is 0. The Morgan fingerprint density at radius 2 is 1.62 bits per heavy atom. The van der Waals surface area contributed by atoms with Gasteiger partial charge in [0.25, 0.3) is 0 Å². The molecule has 0 saturated carbocycles. The van der Waals surface area contributed by atoms with Gasteiger partial charge in [-0.15, -0.1) is 0 Å². The first kappa shape index (κ1) is 20.8. The van der Waals surface area contributed by atoms with Gasteiger partial charge in [0.1, 0.15) is 11.5 Å². The summed E-state index contributed by atoms with van der Waals surface area (Å²) in [5.41, 5.74) is 3.80. The molecule has 5 heteroatoms. The molecule has 1 aliphatic rings. The molecule has 0 atom stereocenters. The molecule has 2 N–H and O–H groups in total. The van der Waals surface area contributed by atoms with E-state index in [0.717, 1.165) is 24.5 Å². The van der Waals surface area contributed by atoms with Gasteiger partial charge in [-0.1, -0.05) is 51.0 Å². The summed E-state index contributed by atoms with van der Waals surface area (Å²) in [5.74, 6) is -1.83. The number of oxime groups is 1. The molecule has 0 fully saturated rings. The van der Waals surface area contributed by atoms with Crippen LogP contribution in [-0.2, 0) is 10.8 Å². The highest BCUT2D eigenvalue weighted by Gasteiger charge is 2.37.